The van der Waals surface area contributed by atoms with Gasteiger partial charge in [-0.3, -0.25) is 4.79 Å². The van der Waals surface area contributed by atoms with Crippen molar-refractivity contribution in [2.45, 2.75) is 37.3 Å². The highest BCUT2D eigenvalue weighted by molar-refractivity contribution is 7.89. The zero-order valence-electron chi connectivity index (χ0n) is 12.4. The highest BCUT2D eigenvalue weighted by Gasteiger charge is 2.32. The number of aryl methyl sites for hydroxylation is 1. The molecule has 21 heavy (non-hydrogen) atoms. The summed E-state index contributed by atoms with van der Waals surface area (Å²) in [6.07, 6.45) is 0.668. The number of nitrogens with two attached hydrogens (primary N) is 1. The van der Waals surface area contributed by atoms with Crippen LogP contribution in [0.3, 0.4) is 0 Å². The van der Waals surface area contributed by atoms with Crippen molar-refractivity contribution in [3.05, 3.63) is 29.3 Å². The van der Waals surface area contributed by atoms with Crippen LogP contribution in [0, 0.1) is 6.92 Å². The molecule has 1 saturated heterocycles. The Labute approximate surface area is 124 Å². The quantitative estimate of drug-likeness (QED) is 0.897. The average Bonchev–Trinajstić information content (AvgIpc) is 2.81. The van der Waals surface area contributed by atoms with Crippen molar-refractivity contribution in [1.29, 1.82) is 0 Å². The third kappa shape index (κ3) is 3.25. The zero-order valence-corrected chi connectivity index (χ0v) is 13.2. The molecule has 2 N–H and O–H groups in total. The topological polar surface area (TPSA) is 89.7 Å². The van der Waals surface area contributed by atoms with E-state index in [9.17, 15) is 13.2 Å². The van der Waals surface area contributed by atoms with Gasteiger partial charge in [-0.05, 0) is 32.4 Å². The summed E-state index contributed by atoms with van der Waals surface area (Å²) in [5, 5.41) is 5.20. The van der Waals surface area contributed by atoms with Gasteiger partial charge < -0.3 is 9.64 Å². The Balaban J connectivity index is 2.41. The molecule has 2 atom stereocenters. The maximum Gasteiger partial charge on any atom is 0.255 e. The van der Waals surface area contributed by atoms with Crippen molar-refractivity contribution < 1.29 is 17.9 Å². The first kappa shape index (κ1) is 15.9. The summed E-state index contributed by atoms with van der Waals surface area (Å²) in [4.78, 5) is 14.0. The summed E-state index contributed by atoms with van der Waals surface area (Å²) in [6, 6.07) is 4.49. The Morgan fingerprint density at radius 2 is 2.10 bits per heavy atom. The molecule has 1 aromatic carbocycles. The van der Waals surface area contributed by atoms with Gasteiger partial charge in [-0.15, -0.1) is 0 Å². The van der Waals surface area contributed by atoms with Crippen molar-refractivity contribution in [2.75, 3.05) is 13.7 Å². The van der Waals surface area contributed by atoms with Crippen LogP contribution in [0.4, 0.5) is 0 Å². The number of benzene rings is 1. The van der Waals surface area contributed by atoms with E-state index >= 15 is 0 Å². The summed E-state index contributed by atoms with van der Waals surface area (Å²) < 4.78 is 28.8. The molecule has 1 aromatic rings. The number of ether oxygens (including phenoxy) is 1. The van der Waals surface area contributed by atoms with Gasteiger partial charge in [0.25, 0.3) is 5.91 Å². The number of hydrogen-bond acceptors (Lipinski definition) is 4. The molecule has 2 unspecified atom stereocenters. The van der Waals surface area contributed by atoms with Gasteiger partial charge in [0, 0.05) is 13.7 Å². The van der Waals surface area contributed by atoms with Gasteiger partial charge in [0.2, 0.25) is 10.0 Å². The van der Waals surface area contributed by atoms with E-state index in [0.29, 0.717) is 6.61 Å². The number of nitrogens with zero attached hydrogens (tertiary/aromatic N) is 1. The minimum absolute atomic E-state index is 0.0636. The molecule has 116 valence electrons. The summed E-state index contributed by atoms with van der Waals surface area (Å²) in [5.41, 5.74) is 0.911. The smallest absolute Gasteiger partial charge is 0.255 e. The van der Waals surface area contributed by atoms with Gasteiger partial charge in [0.15, 0.2) is 0 Å². The van der Waals surface area contributed by atoms with Gasteiger partial charge >= 0.3 is 0 Å². The fraction of sp³-hybridized carbons (Fsp3) is 0.500. The van der Waals surface area contributed by atoms with Crippen LogP contribution in [0.5, 0.6) is 0 Å². The second-order valence-electron chi connectivity index (χ2n) is 5.39. The predicted molar refractivity (Wildman–Crippen MR) is 78.5 cm³/mol. The lowest BCUT2D eigenvalue weighted by atomic mass is 10.1. The second-order valence-corrected chi connectivity index (χ2v) is 6.92. The Bertz CT molecular complexity index is 657. The molecule has 2 rings (SSSR count). The second kappa shape index (κ2) is 5.75. The van der Waals surface area contributed by atoms with E-state index in [2.05, 4.69) is 0 Å². The van der Waals surface area contributed by atoms with Crippen molar-refractivity contribution in [2.24, 2.45) is 5.14 Å². The van der Waals surface area contributed by atoms with Crippen LogP contribution in [0.25, 0.3) is 0 Å². The molecule has 1 aliphatic heterocycles. The molecule has 0 aromatic heterocycles. The minimum Gasteiger partial charge on any atom is -0.376 e. The molecule has 1 aliphatic rings. The maximum absolute atomic E-state index is 12.6. The largest absolute Gasteiger partial charge is 0.376 e. The lowest BCUT2D eigenvalue weighted by molar-refractivity contribution is 0.0571. The minimum atomic E-state index is -3.94. The predicted octanol–water partition coefficient (Wildman–Crippen LogP) is 0.892. The molecule has 1 heterocycles. The van der Waals surface area contributed by atoms with Crippen LogP contribution in [0.1, 0.15) is 29.3 Å². The highest BCUT2D eigenvalue weighted by atomic mass is 32.2. The Morgan fingerprint density at radius 1 is 1.43 bits per heavy atom. The molecule has 1 amide bonds. The summed E-state index contributed by atoms with van der Waals surface area (Å²) in [6.45, 7) is 4.29. The molecular formula is C14H20N2O4S. The van der Waals surface area contributed by atoms with Gasteiger partial charge in [-0.2, -0.15) is 0 Å². The van der Waals surface area contributed by atoms with E-state index in [-0.39, 0.29) is 28.5 Å². The SMILES string of the molecule is Cc1ccc(S(N)(=O)=O)c(C(=O)N(C)C2CCOC2C)c1. The molecule has 0 radical (unpaired) electrons. The number of hydrogen-bond donors (Lipinski definition) is 1. The van der Waals surface area contributed by atoms with Crippen LogP contribution in [0.2, 0.25) is 0 Å². The first-order valence-electron chi connectivity index (χ1n) is 6.74. The molecule has 0 bridgehead atoms. The van der Waals surface area contributed by atoms with Gasteiger partial charge in [-0.25, -0.2) is 13.6 Å². The van der Waals surface area contributed by atoms with Crippen LogP contribution < -0.4 is 5.14 Å². The molecular weight excluding hydrogens is 292 g/mol. The van der Waals surface area contributed by atoms with E-state index < -0.39 is 10.0 Å². The number of likely N-dealkylation sites (N-methyl/N-ethyl adjacent to an activating group) is 1. The van der Waals surface area contributed by atoms with Crippen molar-refractivity contribution >= 4 is 15.9 Å². The van der Waals surface area contributed by atoms with E-state index in [1.165, 1.54) is 6.07 Å². The standard InChI is InChI=1S/C14H20N2O4S/c1-9-4-5-13(21(15,18)19)11(8-9)14(17)16(3)12-6-7-20-10(12)2/h4-5,8,10,12H,6-7H2,1-3H3,(H2,15,18,19). The van der Waals surface area contributed by atoms with E-state index in [1.807, 2.05) is 6.92 Å². The number of amides is 1. The molecule has 1 fully saturated rings. The monoisotopic (exact) mass is 312 g/mol. The first-order chi connectivity index (χ1) is 9.71. The van der Waals surface area contributed by atoms with E-state index in [0.717, 1.165) is 12.0 Å². The number of carbonyl (C=O) groups excluding carboxylic acids is 1. The van der Waals surface area contributed by atoms with Crippen molar-refractivity contribution in [1.82, 2.24) is 4.90 Å². The molecule has 6 nitrogen and oxygen atoms in total. The lowest BCUT2D eigenvalue weighted by Gasteiger charge is -2.27. The fourth-order valence-corrected chi connectivity index (χ4v) is 3.34. The van der Waals surface area contributed by atoms with E-state index in [1.54, 1.807) is 31.0 Å². The summed E-state index contributed by atoms with van der Waals surface area (Å²) in [5.74, 6) is -0.356. The number of primary sulfonamides is 1. The van der Waals surface area contributed by atoms with Crippen LogP contribution in [-0.2, 0) is 14.8 Å². The average molecular weight is 312 g/mol. The first-order valence-corrected chi connectivity index (χ1v) is 8.28. The third-order valence-corrected chi connectivity index (χ3v) is 4.80. The molecule has 0 saturated carbocycles. The van der Waals surface area contributed by atoms with Crippen LogP contribution >= 0.6 is 0 Å². The fourth-order valence-electron chi connectivity index (χ4n) is 2.63. The molecule has 0 spiro atoms. The molecule has 0 aliphatic carbocycles. The third-order valence-electron chi connectivity index (χ3n) is 3.83. The number of carbonyl (C=O) groups is 1. The van der Waals surface area contributed by atoms with Gasteiger partial charge in [0.1, 0.15) is 0 Å². The zero-order chi connectivity index (χ0) is 15.8. The summed E-state index contributed by atoms with van der Waals surface area (Å²) in [7, 11) is -2.28. The van der Waals surface area contributed by atoms with Crippen molar-refractivity contribution in [3.63, 3.8) is 0 Å². The van der Waals surface area contributed by atoms with Crippen LogP contribution in [0.15, 0.2) is 23.1 Å². The Hall–Kier alpha value is -1.44. The normalized spacial score (nSPS) is 22.3. The Kier molecular flexibility index (Phi) is 4.36. The lowest BCUT2D eigenvalue weighted by Crippen LogP contribution is -2.41. The van der Waals surface area contributed by atoms with E-state index in [4.69, 9.17) is 9.88 Å². The Morgan fingerprint density at radius 3 is 2.62 bits per heavy atom. The number of sulfonamides is 1. The van der Waals surface area contributed by atoms with Crippen LogP contribution in [-0.4, -0.2) is 45.0 Å². The van der Waals surface area contributed by atoms with Gasteiger partial charge in [-0.1, -0.05) is 11.6 Å². The maximum atomic E-state index is 12.6. The molecule has 7 heteroatoms. The summed E-state index contributed by atoms with van der Waals surface area (Å²) >= 11 is 0. The van der Waals surface area contributed by atoms with Gasteiger partial charge in [0.05, 0.1) is 22.6 Å². The highest BCUT2D eigenvalue weighted by Crippen LogP contribution is 2.23. The van der Waals surface area contributed by atoms with Crippen molar-refractivity contribution in [3.8, 4) is 0 Å². The number of rotatable bonds is 3.